The highest BCUT2D eigenvalue weighted by Gasteiger charge is 2.12. The van der Waals surface area contributed by atoms with Gasteiger partial charge in [-0.15, -0.1) is 0 Å². The number of ether oxygens (including phenoxy) is 1. The first-order valence-electron chi connectivity index (χ1n) is 4.11. The lowest BCUT2D eigenvalue weighted by Gasteiger charge is -2.08. The largest absolute Gasteiger partial charge is 0.432 e. The van der Waals surface area contributed by atoms with E-state index in [0.717, 1.165) is 6.20 Å². The Balaban J connectivity index is 2.96. The number of hydrogen-bond acceptors (Lipinski definition) is 2. The van der Waals surface area contributed by atoms with Gasteiger partial charge in [0.25, 0.3) is 0 Å². The molecule has 0 spiro atoms. The predicted octanol–water partition coefficient (Wildman–Crippen LogP) is 2.95. The highest BCUT2D eigenvalue weighted by atomic mass is 19.3. The summed E-state index contributed by atoms with van der Waals surface area (Å²) in [6, 6.07) is 1.19. The summed E-state index contributed by atoms with van der Waals surface area (Å²) in [7, 11) is 0. The van der Waals surface area contributed by atoms with E-state index in [1.54, 1.807) is 0 Å². The van der Waals surface area contributed by atoms with Crippen LogP contribution in [-0.4, -0.2) is 11.6 Å². The van der Waals surface area contributed by atoms with Crippen molar-refractivity contribution in [2.45, 2.75) is 26.4 Å². The standard InChI is InChI=1S/C9H10F3NO/c1-5(2)7-3-8(14-9(11)12)6(10)4-13-7/h3-5,9H,1-2H3. The molecule has 1 aromatic heterocycles. The van der Waals surface area contributed by atoms with Gasteiger partial charge in [-0.25, -0.2) is 4.39 Å². The molecule has 0 unspecified atom stereocenters. The van der Waals surface area contributed by atoms with E-state index in [9.17, 15) is 13.2 Å². The Bertz CT molecular complexity index is 315. The fourth-order valence-corrected chi connectivity index (χ4v) is 0.937. The van der Waals surface area contributed by atoms with Crippen LogP contribution >= 0.6 is 0 Å². The zero-order valence-corrected chi connectivity index (χ0v) is 7.80. The summed E-state index contributed by atoms with van der Waals surface area (Å²) in [4.78, 5) is 3.75. The Morgan fingerprint density at radius 2 is 2.00 bits per heavy atom. The molecular formula is C9H10F3NO. The third kappa shape index (κ3) is 2.61. The Hall–Kier alpha value is -1.26. The summed E-state index contributed by atoms with van der Waals surface area (Å²) in [6.07, 6.45) is 0.882. The summed E-state index contributed by atoms with van der Waals surface area (Å²) in [6.45, 7) is 0.630. The van der Waals surface area contributed by atoms with Gasteiger partial charge in [0.05, 0.1) is 6.20 Å². The summed E-state index contributed by atoms with van der Waals surface area (Å²) in [5.74, 6) is -1.30. The molecule has 0 bridgehead atoms. The van der Waals surface area contributed by atoms with Crippen molar-refractivity contribution < 1.29 is 17.9 Å². The molecule has 0 radical (unpaired) electrons. The van der Waals surface area contributed by atoms with Gasteiger partial charge in [-0.1, -0.05) is 13.8 Å². The molecule has 14 heavy (non-hydrogen) atoms. The van der Waals surface area contributed by atoms with Gasteiger partial charge in [-0.05, 0) is 5.92 Å². The van der Waals surface area contributed by atoms with Crippen molar-refractivity contribution in [2.24, 2.45) is 0 Å². The van der Waals surface area contributed by atoms with Crippen molar-refractivity contribution in [3.05, 3.63) is 23.8 Å². The fraction of sp³-hybridized carbons (Fsp3) is 0.444. The third-order valence-corrected chi connectivity index (χ3v) is 1.65. The van der Waals surface area contributed by atoms with Crippen LogP contribution in [0.5, 0.6) is 5.75 Å². The number of nitrogens with zero attached hydrogens (tertiary/aromatic N) is 1. The van der Waals surface area contributed by atoms with E-state index < -0.39 is 18.2 Å². The van der Waals surface area contributed by atoms with Crippen LogP contribution in [0.1, 0.15) is 25.5 Å². The van der Waals surface area contributed by atoms with Crippen LogP contribution in [-0.2, 0) is 0 Å². The normalized spacial score (nSPS) is 11.1. The van der Waals surface area contributed by atoms with Crippen LogP contribution in [0.25, 0.3) is 0 Å². The minimum atomic E-state index is -3.02. The molecule has 0 amide bonds. The van der Waals surface area contributed by atoms with Crippen LogP contribution in [0.15, 0.2) is 12.3 Å². The maximum absolute atomic E-state index is 12.9. The summed E-state index contributed by atoms with van der Waals surface area (Å²) < 4.78 is 40.5. The lowest BCUT2D eigenvalue weighted by molar-refractivity contribution is -0.0523. The van der Waals surface area contributed by atoms with E-state index in [4.69, 9.17) is 0 Å². The first-order chi connectivity index (χ1) is 6.50. The molecule has 0 aliphatic carbocycles. The van der Waals surface area contributed by atoms with Crippen LogP contribution < -0.4 is 4.74 Å². The maximum atomic E-state index is 12.9. The zero-order valence-electron chi connectivity index (χ0n) is 7.80. The Kier molecular flexibility index (Phi) is 3.33. The van der Waals surface area contributed by atoms with Gasteiger partial charge in [0.2, 0.25) is 0 Å². The molecular weight excluding hydrogens is 195 g/mol. The van der Waals surface area contributed by atoms with Crippen LogP contribution in [0.4, 0.5) is 13.2 Å². The summed E-state index contributed by atoms with van der Waals surface area (Å²) in [5.41, 5.74) is 0.516. The molecule has 0 saturated carbocycles. The first kappa shape index (κ1) is 10.8. The molecule has 1 aromatic rings. The van der Waals surface area contributed by atoms with Gasteiger partial charge >= 0.3 is 6.61 Å². The highest BCUT2D eigenvalue weighted by Crippen LogP contribution is 2.22. The van der Waals surface area contributed by atoms with Gasteiger partial charge in [0, 0.05) is 11.8 Å². The molecule has 0 aliphatic rings. The van der Waals surface area contributed by atoms with Crippen LogP contribution in [0.2, 0.25) is 0 Å². The van der Waals surface area contributed by atoms with E-state index in [1.807, 2.05) is 13.8 Å². The van der Waals surface area contributed by atoms with Crippen molar-refractivity contribution in [1.29, 1.82) is 0 Å². The molecule has 0 aliphatic heterocycles. The third-order valence-electron chi connectivity index (χ3n) is 1.65. The van der Waals surface area contributed by atoms with Crippen molar-refractivity contribution >= 4 is 0 Å². The van der Waals surface area contributed by atoms with Gasteiger partial charge < -0.3 is 4.74 Å². The topological polar surface area (TPSA) is 22.1 Å². The number of rotatable bonds is 3. The first-order valence-corrected chi connectivity index (χ1v) is 4.11. The SMILES string of the molecule is CC(C)c1cc(OC(F)F)c(F)cn1. The lowest BCUT2D eigenvalue weighted by atomic mass is 10.1. The molecule has 1 heterocycles. The number of alkyl halides is 2. The Morgan fingerprint density at radius 3 is 2.50 bits per heavy atom. The van der Waals surface area contributed by atoms with E-state index in [-0.39, 0.29) is 5.92 Å². The Labute approximate surface area is 79.7 Å². The second-order valence-electron chi connectivity index (χ2n) is 3.07. The molecule has 0 atom stereocenters. The predicted molar refractivity (Wildman–Crippen MR) is 44.9 cm³/mol. The number of aromatic nitrogens is 1. The van der Waals surface area contributed by atoms with Crippen LogP contribution in [0.3, 0.4) is 0 Å². The summed E-state index contributed by atoms with van der Waals surface area (Å²) >= 11 is 0. The van der Waals surface area contributed by atoms with E-state index in [1.165, 1.54) is 6.07 Å². The van der Waals surface area contributed by atoms with E-state index in [0.29, 0.717) is 5.69 Å². The number of pyridine rings is 1. The lowest BCUT2D eigenvalue weighted by Crippen LogP contribution is -2.05. The zero-order chi connectivity index (χ0) is 10.7. The molecule has 0 saturated heterocycles. The smallest absolute Gasteiger partial charge is 0.387 e. The van der Waals surface area contributed by atoms with Gasteiger partial charge in [-0.3, -0.25) is 4.98 Å². The minimum absolute atomic E-state index is 0.0376. The summed E-state index contributed by atoms with van der Waals surface area (Å²) in [5, 5.41) is 0. The van der Waals surface area contributed by atoms with E-state index in [2.05, 4.69) is 9.72 Å². The molecule has 1 rings (SSSR count). The average molecular weight is 205 g/mol. The molecule has 0 fully saturated rings. The maximum Gasteiger partial charge on any atom is 0.387 e. The molecule has 5 heteroatoms. The minimum Gasteiger partial charge on any atom is -0.432 e. The van der Waals surface area contributed by atoms with Gasteiger partial charge in [0.1, 0.15) is 0 Å². The molecule has 78 valence electrons. The van der Waals surface area contributed by atoms with E-state index >= 15 is 0 Å². The van der Waals surface area contributed by atoms with Crippen molar-refractivity contribution in [2.75, 3.05) is 0 Å². The Morgan fingerprint density at radius 1 is 1.36 bits per heavy atom. The van der Waals surface area contributed by atoms with Crippen molar-refractivity contribution in [3.63, 3.8) is 0 Å². The van der Waals surface area contributed by atoms with Crippen molar-refractivity contribution in [1.82, 2.24) is 4.98 Å². The van der Waals surface area contributed by atoms with Crippen LogP contribution in [0, 0.1) is 5.82 Å². The fourth-order valence-electron chi connectivity index (χ4n) is 0.937. The molecule has 2 nitrogen and oxygen atoms in total. The molecule has 0 aromatic carbocycles. The van der Waals surface area contributed by atoms with Gasteiger partial charge in [-0.2, -0.15) is 8.78 Å². The number of halogens is 3. The number of hydrogen-bond donors (Lipinski definition) is 0. The second-order valence-corrected chi connectivity index (χ2v) is 3.07. The average Bonchev–Trinajstić information content (AvgIpc) is 2.07. The van der Waals surface area contributed by atoms with Gasteiger partial charge in [0.15, 0.2) is 11.6 Å². The molecule has 0 N–H and O–H groups in total. The quantitative estimate of drug-likeness (QED) is 0.756. The highest BCUT2D eigenvalue weighted by molar-refractivity contribution is 5.26. The second kappa shape index (κ2) is 4.30. The van der Waals surface area contributed by atoms with Crippen molar-refractivity contribution in [3.8, 4) is 5.75 Å². The monoisotopic (exact) mass is 205 g/mol.